The van der Waals surface area contributed by atoms with E-state index in [0.29, 0.717) is 25.3 Å². The fraction of sp³-hybridized carbons (Fsp3) is 0.300. The van der Waals surface area contributed by atoms with E-state index in [2.05, 4.69) is 15.6 Å². The molecule has 1 aromatic heterocycles. The zero-order chi connectivity index (χ0) is 11.8. The predicted molar refractivity (Wildman–Crippen MR) is 58.2 cm³/mol. The number of amides is 2. The molecule has 1 heterocycles. The van der Waals surface area contributed by atoms with Crippen molar-refractivity contribution in [1.82, 2.24) is 15.6 Å². The Kier molecular flexibility index (Phi) is 4.76. The van der Waals surface area contributed by atoms with Gasteiger partial charge in [-0.15, -0.1) is 0 Å². The minimum atomic E-state index is -0.530. The number of nitrogens with two attached hydrogens (primary N) is 1. The molecule has 0 aliphatic rings. The van der Waals surface area contributed by atoms with Crippen LogP contribution in [0.1, 0.15) is 11.3 Å². The Morgan fingerprint density at radius 3 is 3.06 bits per heavy atom. The third kappa shape index (κ3) is 4.39. The standard InChI is InChI=1S/C10H13N5O/c11-6-9-5-8(1-2-14-9)7-13-3-4-15-10(12)16/h1-2,5,13H,3-4,7H2,(H3,12,15,16). The van der Waals surface area contributed by atoms with Gasteiger partial charge in [0.25, 0.3) is 0 Å². The molecule has 2 amide bonds. The highest BCUT2D eigenvalue weighted by Gasteiger charge is 1.96. The topological polar surface area (TPSA) is 104 Å². The lowest BCUT2D eigenvalue weighted by molar-refractivity contribution is 0.249. The van der Waals surface area contributed by atoms with Gasteiger partial charge >= 0.3 is 6.03 Å². The van der Waals surface area contributed by atoms with Crippen LogP contribution >= 0.6 is 0 Å². The first-order valence-corrected chi connectivity index (χ1v) is 4.81. The largest absolute Gasteiger partial charge is 0.352 e. The molecule has 0 aliphatic carbocycles. The van der Waals surface area contributed by atoms with Crippen LogP contribution in [0.5, 0.6) is 0 Å². The van der Waals surface area contributed by atoms with Crippen LogP contribution < -0.4 is 16.4 Å². The lowest BCUT2D eigenvalue weighted by Crippen LogP contribution is -2.35. The van der Waals surface area contributed by atoms with Crippen LogP contribution in [0, 0.1) is 11.3 Å². The molecule has 16 heavy (non-hydrogen) atoms. The van der Waals surface area contributed by atoms with Crippen molar-refractivity contribution in [1.29, 1.82) is 5.26 Å². The van der Waals surface area contributed by atoms with Gasteiger partial charge in [0.15, 0.2) is 0 Å². The maximum Gasteiger partial charge on any atom is 0.312 e. The van der Waals surface area contributed by atoms with Crippen molar-refractivity contribution in [3.05, 3.63) is 29.6 Å². The Balaban J connectivity index is 2.27. The Labute approximate surface area is 93.5 Å². The Morgan fingerprint density at radius 1 is 1.56 bits per heavy atom. The highest BCUT2D eigenvalue weighted by atomic mass is 16.2. The summed E-state index contributed by atoms with van der Waals surface area (Å²) >= 11 is 0. The quantitative estimate of drug-likeness (QED) is 0.592. The Bertz CT molecular complexity index is 398. The van der Waals surface area contributed by atoms with Crippen molar-refractivity contribution in [2.45, 2.75) is 6.54 Å². The summed E-state index contributed by atoms with van der Waals surface area (Å²) in [6.07, 6.45) is 1.59. The highest BCUT2D eigenvalue weighted by Crippen LogP contribution is 1.99. The maximum absolute atomic E-state index is 10.4. The second kappa shape index (κ2) is 6.37. The second-order valence-corrected chi connectivity index (χ2v) is 3.13. The van der Waals surface area contributed by atoms with E-state index in [1.54, 1.807) is 12.3 Å². The summed E-state index contributed by atoms with van der Waals surface area (Å²) in [7, 11) is 0. The minimum Gasteiger partial charge on any atom is -0.352 e. The van der Waals surface area contributed by atoms with Crippen LogP contribution in [0.4, 0.5) is 4.79 Å². The van der Waals surface area contributed by atoms with Crippen LogP contribution in [0.15, 0.2) is 18.3 Å². The molecule has 0 atom stereocenters. The van der Waals surface area contributed by atoms with Gasteiger partial charge in [-0.2, -0.15) is 5.26 Å². The zero-order valence-corrected chi connectivity index (χ0v) is 8.73. The number of primary amides is 1. The van der Waals surface area contributed by atoms with Gasteiger partial charge in [-0.05, 0) is 17.7 Å². The fourth-order valence-corrected chi connectivity index (χ4v) is 1.15. The third-order valence-corrected chi connectivity index (χ3v) is 1.87. The van der Waals surface area contributed by atoms with E-state index in [9.17, 15) is 4.79 Å². The van der Waals surface area contributed by atoms with Gasteiger partial charge in [0.1, 0.15) is 11.8 Å². The number of carbonyl (C=O) groups is 1. The number of nitrogens with one attached hydrogen (secondary N) is 2. The molecule has 0 bridgehead atoms. The summed E-state index contributed by atoms with van der Waals surface area (Å²) < 4.78 is 0. The fourth-order valence-electron chi connectivity index (χ4n) is 1.15. The average Bonchev–Trinajstić information content (AvgIpc) is 2.28. The van der Waals surface area contributed by atoms with Gasteiger partial charge < -0.3 is 16.4 Å². The van der Waals surface area contributed by atoms with E-state index in [-0.39, 0.29) is 0 Å². The summed E-state index contributed by atoms with van der Waals surface area (Å²) in [5.41, 5.74) is 6.28. The number of nitriles is 1. The number of carbonyl (C=O) groups excluding carboxylic acids is 1. The van der Waals surface area contributed by atoms with Gasteiger partial charge in [-0.25, -0.2) is 9.78 Å². The maximum atomic E-state index is 10.4. The molecule has 0 aromatic carbocycles. The summed E-state index contributed by atoms with van der Waals surface area (Å²) in [6, 6.07) is 4.99. The van der Waals surface area contributed by atoms with Crippen molar-refractivity contribution in [3.63, 3.8) is 0 Å². The zero-order valence-electron chi connectivity index (χ0n) is 8.73. The molecular formula is C10H13N5O. The average molecular weight is 219 g/mol. The number of hydrogen-bond acceptors (Lipinski definition) is 4. The van der Waals surface area contributed by atoms with Gasteiger partial charge in [0, 0.05) is 25.8 Å². The van der Waals surface area contributed by atoms with E-state index >= 15 is 0 Å². The monoisotopic (exact) mass is 219 g/mol. The lowest BCUT2D eigenvalue weighted by Gasteiger charge is -2.05. The van der Waals surface area contributed by atoms with Gasteiger partial charge in [0.2, 0.25) is 0 Å². The minimum absolute atomic E-state index is 0.398. The van der Waals surface area contributed by atoms with E-state index in [1.165, 1.54) is 0 Å². The molecule has 0 fully saturated rings. The van der Waals surface area contributed by atoms with Crippen LogP contribution in [-0.4, -0.2) is 24.1 Å². The first kappa shape index (κ1) is 11.9. The smallest absolute Gasteiger partial charge is 0.312 e. The molecule has 0 unspecified atom stereocenters. The van der Waals surface area contributed by atoms with Crippen molar-refractivity contribution in [2.75, 3.05) is 13.1 Å². The van der Waals surface area contributed by atoms with Crippen molar-refractivity contribution >= 4 is 6.03 Å². The molecule has 6 nitrogen and oxygen atoms in total. The van der Waals surface area contributed by atoms with E-state index in [4.69, 9.17) is 11.0 Å². The molecule has 0 spiro atoms. The third-order valence-electron chi connectivity index (χ3n) is 1.87. The molecule has 1 rings (SSSR count). The second-order valence-electron chi connectivity index (χ2n) is 3.13. The van der Waals surface area contributed by atoms with E-state index in [1.807, 2.05) is 12.1 Å². The van der Waals surface area contributed by atoms with Crippen LogP contribution in [0.2, 0.25) is 0 Å². The molecule has 1 aromatic rings. The first-order chi connectivity index (χ1) is 7.72. The number of hydrogen-bond donors (Lipinski definition) is 3. The molecule has 0 radical (unpaired) electrons. The Morgan fingerprint density at radius 2 is 2.38 bits per heavy atom. The van der Waals surface area contributed by atoms with Gasteiger partial charge in [0.05, 0.1) is 0 Å². The summed E-state index contributed by atoms with van der Waals surface area (Å²) in [6.45, 7) is 1.72. The highest BCUT2D eigenvalue weighted by molar-refractivity contribution is 5.71. The predicted octanol–water partition coefficient (Wildman–Crippen LogP) is -0.289. The van der Waals surface area contributed by atoms with E-state index in [0.717, 1.165) is 5.56 Å². The summed E-state index contributed by atoms with van der Waals surface area (Å²) in [5, 5.41) is 14.2. The molecule has 4 N–H and O–H groups in total. The van der Waals surface area contributed by atoms with Crippen molar-refractivity contribution < 1.29 is 4.79 Å². The lowest BCUT2D eigenvalue weighted by atomic mass is 10.2. The summed E-state index contributed by atoms with van der Waals surface area (Å²) in [5.74, 6) is 0. The molecule has 6 heteroatoms. The molecule has 0 saturated carbocycles. The van der Waals surface area contributed by atoms with Crippen LogP contribution in [0.25, 0.3) is 0 Å². The first-order valence-electron chi connectivity index (χ1n) is 4.81. The van der Waals surface area contributed by atoms with Crippen LogP contribution in [-0.2, 0) is 6.54 Å². The number of pyridine rings is 1. The van der Waals surface area contributed by atoms with E-state index < -0.39 is 6.03 Å². The summed E-state index contributed by atoms with van der Waals surface area (Å²) in [4.78, 5) is 14.2. The molecule has 0 saturated heterocycles. The van der Waals surface area contributed by atoms with Gasteiger partial charge in [-0.1, -0.05) is 0 Å². The normalized spacial score (nSPS) is 9.44. The number of aromatic nitrogens is 1. The number of nitrogens with zero attached hydrogens (tertiary/aromatic N) is 2. The number of urea groups is 1. The number of rotatable bonds is 5. The molecule has 84 valence electrons. The molecule has 0 aliphatic heterocycles. The van der Waals surface area contributed by atoms with Crippen LogP contribution in [0.3, 0.4) is 0 Å². The SMILES string of the molecule is N#Cc1cc(CNCCNC(N)=O)ccn1. The Hall–Kier alpha value is -2.13. The van der Waals surface area contributed by atoms with Crippen molar-refractivity contribution in [3.8, 4) is 6.07 Å². The molecular weight excluding hydrogens is 206 g/mol. The van der Waals surface area contributed by atoms with Crippen molar-refractivity contribution in [2.24, 2.45) is 5.73 Å². The van der Waals surface area contributed by atoms with Gasteiger partial charge in [-0.3, -0.25) is 0 Å².